The molecule has 118 valence electrons. The fourth-order valence-corrected chi connectivity index (χ4v) is 2.94. The molecule has 1 aliphatic rings. The van der Waals surface area contributed by atoms with E-state index >= 15 is 0 Å². The van der Waals surface area contributed by atoms with E-state index in [1.54, 1.807) is 12.1 Å². The highest BCUT2D eigenvalue weighted by Gasteiger charge is 2.38. The highest BCUT2D eigenvalue weighted by Crippen LogP contribution is 2.39. The van der Waals surface area contributed by atoms with Gasteiger partial charge in [0.15, 0.2) is 0 Å². The van der Waals surface area contributed by atoms with E-state index in [0.717, 1.165) is 18.9 Å². The third-order valence-corrected chi connectivity index (χ3v) is 3.92. The van der Waals surface area contributed by atoms with Gasteiger partial charge in [0.05, 0.1) is 18.3 Å². The Kier molecular flexibility index (Phi) is 5.27. The van der Waals surface area contributed by atoms with Crippen LogP contribution < -0.4 is 5.32 Å². The number of alkyl halides is 3. The van der Waals surface area contributed by atoms with Crippen molar-refractivity contribution in [3.8, 4) is 0 Å². The minimum atomic E-state index is -4.33. The number of hydrogen-bond donors (Lipinski definition) is 1. The second-order valence-electron chi connectivity index (χ2n) is 5.66. The van der Waals surface area contributed by atoms with Crippen molar-refractivity contribution in [1.82, 2.24) is 5.32 Å². The molecule has 2 nitrogen and oxygen atoms in total. The van der Waals surface area contributed by atoms with Crippen LogP contribution in [-0.2, 0) is 10.9 Å². The summed E-state index contributed by atoms with van der Waals surface area (Å²) in [5.41, 5.74) is -0.209. The van der Waals surface area contributed by atoms with Crippen molar-refractivity contribution in [1.29, 1.82) is 0 Å². The maximum Gasteiger partial charge on any atom is 0.416 e. The van der Waals surface area contributed by atoms with Gasteiger partial charge in [0.2, 0.25) is 0 Å². The number of nitrogens with one attached hydrogen (secondary N) is 1. The molecular formula is C16H22F3NO. The van der Waals surface area contributed by atoms with E-state index in [2.05, 4.69) is 5.32 Å². The normalized spacial score (nSPS) is 24.2. The van der Waals surface area contributed by atoms with Gasteiger partial charge < -0.3 is 10.1 Å². The first-order valence-electron chi connectivity index (χ1n) is 7.44. The number of ether oxygens (including phenoxy) is 1. The lowest BCUT2D eigenvalue weighted by atomic mass is 9.88. The SMILES string of the molecule is CCCNC(c1ccccc1C(F)(F)F)C1COC(C)C1. The fourth-order valence-electron chi connectivity index (χ4n) is 2.94. The monoisotopic (exact) mass is 301 g/mol. The summed E-state index contributed by atoms with van der Waals surface area (Å²) in [5, 5.41) is 3.28. The van der Waals surface area contributed by atoms with Crippen molar-refractivity contribution in [3.05, 3.63) is 35.4 Å². The van der Waals surface area contributed by atoms with Crippen LogP contribution in [0.4, 0.5) is 13.2 Å². The first-order chi connectivity index (χ1) is 9.93. The summed E-state index contributed by atoms with van der Waals surface area (Å²) in [5.74, 6) is 0.0787. The van der Waals surface area contributed by atoms with E-state index in [1.807, 2.05) is 13.8 Å². The van der Waals surface area contributed by atoms with Gasteiger partial charge in [-0.1, -0.05) is 25.1 Å². The molecule has 1 N–H and O–H groups in total. The minimum absolute atomic E-state index is 0.0787. The van der Waals surface area contributed by atoms with Crippen LogP contribution in [0.15, 0.2) is 24.3 Å². The van der Waals surface area contributed by atoms with Gasteiger partial charge in [0, 0.05) is 12.0 Å². The van der Waals surface area contributed by atoms with Gasteiger partial charge in [-0.05, 0) is 37.9 Å². The van der Waals surface area contributed by atoms with Crippen molar-refractivity contribution >= 4 is 0 Å². The standard InChI is InChI=1S/C16H22F3NO/c1-3-8-20-15(12-9-11(2)21-10-12)13-6-4-5-7-14(13)16(17,18)19/h4-7,11-12,15,20H,3,8-10H2,1-2H3. The molecule has 5 heteroatoms. The van der Waals surface area contributed by atoms with Gasteiger partial charge in [-0.15, -0.1) is 0 Å². The molecule has 1 aromatic carbocycles. The molecule has 21 heavy (non-hydrogen) atoms. The van der Waals surface area contributed by atoms with Gasteiger partial charge in [0.1, 0.15) is 0 Å². The van der Waals surface area contributed by atoms with Crippen LogP contribution in [0.2, 0.25) is 0 Å². The Balaban J connectivity index is 2.32. The van der Waals surface area contributed by atoms with E-state index < -0.39 is 11.7 Å². The van der Waals surface area contributed by atoms with E-state index in [9.17, 15) is 13.2 Å². The highest BCUT2D eigenvalue weighted by molar-refractivity contribution is 5.33. The Labute approximate surface area is 123 Å². The molecule has 0 aliphatic carbocycles. The van der Waals surface area contributed by atoms with Gasteiger partial charge in [-0.25, -0.2) is 0 Å². The molecule has 0 bridgehead atoms. The van der Waals surface area contributed by atoms with Crippen LogP contribution in [0.25, 0.3) is 0 Å². The molecule has 0 amide bonds. The topological polar surface area (TPSA) is 21.3 Å². The molecule has 1 heterocycles. The first-order valence-corrected chi connectivity index (χ1v) is 7.44. The maximum absolute atomic E-state index is 13.2. The van der Waals surface area contributed by atoms with Gasteiger partial charge in [-0.3, -0.25) is 0 Å². The quantitative estimate of drug-likeness (QED) is 0.881. The number of rotatable bonds is 5. The molecule has 1 fully saturated rings. The predicted octanol–water partition coefficient (Wildman–Crippen LogP) is 4.17. The fraction of sp³-hybridized carbons (Fsp3) is 0.625. The molecular weight excluding hydrogens is 279 g/mol. The summed E-state index contributed by atoms with van der Waals surface area (Å²) < 4.78 is 45.3. The molecule has 1 aliphatic heterocycles. The average molecular weight is 301 g/mol. The lowest BCUT2D eigenvalue weighted by molar-refractivity contribution is -0.138. The van der Waals surface area contributed by atoms with Crippen molar-refractivity contribution in [2.45, 2.75) is 45.0 Å². The zero-order valence-electron chi connectivity index (χ0n) is 12.4. The van der Waals surface area contributed by atoms with E-state index in [0.29, 0.717) is 18.7 Å². The van der Waals surface area contributed by atoms with E-state index in [-0.39, 0.29) is 18.1 Å². The third-order valence-electron chi connectivity index (χ3n) is 3.92. The van der Waals surface area contributed by atoms with Crippen LogP contribution >= 0.6 is 0 Å². The minimum Gasteiger partial charge on any atom is -0.378 e. The van der Waals surface area contributed by atoms with Crippen LogP contribution in [0.3, 0.4) is 0 Å². The Morgan fingerprint density at radius 2 is 2.05 bits per heavy atom. The molecule has 2 rings (SSSR count). The van der Waals surface area contributed by atoms with Crippen LogP contribution in [0.1, 0.15) is 43.9 Å². The molecule has 0 saturated carbocycles. The zero-order chi connectivity index (χ0) is 15.5. The van der Waals surface area contributed by atoms with Crippen molar-refractivity contribution in [2.75, 3.05) is 13.2 Å². The molecule has 0 spiro atoms. The lowest BCUT2D eigenvalue weighted by Crippen LogP contribution is -2.31. The van der Waals surface area contributed by atoms with Crippen molar-refractivity contribution in [3.63, 3.8) is 0 Å². The van der Waals surface area contributed by atoms with Crippen molar-refractivity contribution in [2.24, 2.45) is 5.92 Å². The van der Waals surface area contributed by atoms with E-state index in [1.165, 1.54) is 6.07 Å². The second kappa shape index (κ2) is 6.79. The summed E-state index contributed by atoms with van der Waals surface area (Å²) in [6.07, 6.45) is -2.55. The summed E-state index contributed by atoms with van der Waals surface area (Å²) in [6.45, 7) is 5.18. The largest absolute Gasteiger partial charge is 0.416 e. The zero-order valence-corrected chi connectivity index (χ0v) is 12.4. The average Bonchev–Trinajstić information content (AvgIpc) is 2.85. The number of benzene rings is 1. The summed E-state index contributed by atoms with van der Waals surface area (Å²) in [4.78, 5) is 0. The molecule has 1 saturated heterocycles. The Hall–Kier alpha value is -1.07. The summed E-state index contributed by atoms with van der Waals surface area (Å²) in [6, 6.07) is 5.54. The first kappa shape index (κ1) is 16.3. The molecule has 0 radical (unpaired) electrons. The summed E-state index contributed by atoms with van der Waals surface area (Å²) in [7, 11) is 0. The Morgan fingerprint density at radius 1 is 1.33 bits per heavy atom. The smallest absolute Gasteiger partial charge is 0.378 e. The van der Waals surface area contributed by atoms with Gasteiger partial charge >= 0.3 is 6.18 Å². The maximum atomic E-state index is 13.2. The second-order valence-corrected chi connectivity index (χ2v) is 5.66. The Bertz CT molecular complexity index is 461. The van der Waals surface area contributed by atoms with Crippen LogP contribution in [0, 0.1) is 5.92 Å². The molecule has 3 atom stereocenters. The molecule has 1 aromatic rings. The Morgan fingerprint density at radius 3 is 2.62 bits per heavy atom. The third kappa shape index (κ3) is 3.98. The van der Waals surface area contributed by atoms with Crippen LogP contribution in [-0.4, -0.2) is 19.3 Å². The number of halogens is 3. The van der Waals surface area contributed by atoms with Crippen LogP contribution in [0.5, 0.6) is 0 Å². The van der Waals surface area contributed by atoms with Gasteiger partial charge in [0.25, 0.3) is 0 Å². The number of hydrogen-bond acceptors (Lipinski definition) is 2. The van der Waals surface area contributed by atoms with Gasteiger partial charge in [-0.2, -0.15) is 13.2 Å². The van der Waals surface area contributed by atoms with E-state index in [4.69, 9.17) is 4.74 Å². The lowest BCUT2D eigenvalue weighted by Gasteiger charge is -2.27. The highest BCUT2D eigenvalue weighted by atomic mass is 19.4. The van der Waals surface area contributed by atoms with Crippen molar-refractivity contribution < 1.29 is 17.9 Å². The molecule has 0 aromatic heterocycles. The molecule has 3 unspecified atom stereocenters. The predicted molar refractivity (Wildman–Crippen MR) is 76.0 cm³/mol. The summed E-state index contributed by atoms with van der Waals surface area (Å²) >= 11 is 0.